The van der Waals surface area contributed by atoms with Crippen molar-refractivity contribution in [3.8, 4) is 11.5 Å². The first-order valence-corrected chi connectivity index (χ1v) is 8.48. The Balaban J connectivity index is 1.77. The van der Waals surface area contributed by atoms with Crippen LogP contribution >= 0.6 is 12.6 Å². The fourth-order valence-electron chi connectivity index (χ4n) is 2.27. The van der Waals surface area contributed by atoms with Crippen molar-refractivity contribution >= 4 is 29.9 Å². The summed E-state index contributed by atoms with van der Waals surface area (Å²) in [6, 6.07) is 8.99. The molecule has 1 fully saturated rings. The van der Waals surface area contributed by atoms with Gasteiger partial charge in [0.2, 0.25) is 0 Å². The minimum absolute atomic E-state index is 0.0951. The highest BCUT2D eigenvalue weighted by atomic mass is 32.1. The first kappa shape index (κ1) is 18.3. The molecule has 0 unspecified atom stereocenters. The van der Waals surface area contributed by atoms with E-state index < -0.39 is 12.5 Å². The average Bonchev–Trinajstić information content (AvgIpc) is 3.41. The predicted molar refractivity (Wildman–Crippen MR) is 97.4 cm³/mol. The lowest BCUT2D eigenvalue weighted by Crippen LogP contribution is -2.13. The molecular formula is C18H18F2N2O3S. The van der Waals surface area contributed by atoms with Crippen molar-refractivity contribution in [2.75, 3.05) is 17.7 Å². The number of halogens is 2. The van der Waals surface area contributed by atoms with Crippen LogP contribution in [0, 0.1) is 5.92 Å². The Morgan fingerprint density at radius 2 is 2.00 bits per heavy atom. The normalized spacial score (nSPS) is 13.5. The van der Waals surface area contributed by atoms with Crippen molar-refractivity contribution in [3.63, 3.8) is 0 Å². The summed E-state index contributed by atoms with van der Waals surface area (Å²) < 4.78 is 35.1. The van der Waals surface area contributed by atoms with E-state index in [0.29, 0.717) is 28.8 Å². The van der Waals surface area contributed by atoms with E-state index >= 15 is 0 Å². The zero-order chi connectivity index (χ0) is 18.7. The van der Waals surface area contributed by atoms with Crippen molar-refractivity contribution in [1.29, 1.82) is 0 Å². The molecule has 0 radical (unpaired) electrons. The van der Waals surface area contributed by atoms with E-state index in [0.717, 1.165) is 12.8 Å². The molecule has 1 aliphatic carbocycles. The van der Waals surface area contributed by atoms with Crippen LogP contribution in [0.15, 0.2) is 41.3 Å². The summed E-state index contributed by atoms with van der Waals surface area (Å²) in [6.07, 6.45) is 2.10. The zero-order valence-corrected chi connectivity index (χ0v) is 14.6. The number of hydrogen-bond acceptors (Lipinski definition) is 5. The van der Waals surface area contributed by atoms with Crippen LogP contribution in [0.4, 0.5) is 20.2 Å². The zero-order valence-electron chi connectivity index (χ0n) is 13.7. The van der Waals surface area contributed by atoms with Crippen LogP contribution in [0.25, 0.3) is 0 Å². The maximum Gasteiger partial charge on any atom is 0.387 e. The molecule has 1 amide bonds. The summed E-state index contributed by atoms with van der Waals surface area (Å²) >= 11 is 4.21. The van der Waals surface area contributed by atoms with E-state index in [9.17, 15) is 13.6 Å². The molecule has 0 bridgehead atoms. The molecule has 26 heavy (non-hydrogen) atoms. The number of hydrogen-bond donors (Lipinski definition) is 3. The Bertz CT molecular complexity index is 813. The maximum atomic E-state index is 12.6. The third-order valence-corrected chi connectivity index (χ3v) is 4.27. The van der Waals surface area contributed by atoms with Gasteiger partial charge >= 0.3 is 6.61 Å². The van der Waals surface area contributed by atoms with Crippen LogP contribution in [-0.2, 0) is 0 Å². The Morgan fingerprint density at radius 3 is 2.65 bits per heavy atom. The van der Waals surface area contributed by atoms with Crippen molar-refractivity contribution in [2.45, 2.75) is 24.3 Å². The minimum Gasteiger partial charge on any atom is -0.489 e. The van der Waals surface area contributed by atoms with E-state index in [1.54, 1.807) is 18.2 Å². The number of carbonyl (C=O) groups is 1. The Morgan fingerprint density at radius 1 is 1.23 bits per heavy atom. The number of ether oxygens (including phenoxy) is 2. The van der Waals surface area contributed by atoms with Gasteiger partial charge in [0.15, 0.2) is 11.5 Å². The van der Waals surface area contributed by atoms with Crippen LogP contribution in [0.5, 0.6) is 11.5 Å². The van der Waals surface area contributed by atoms with Gasteiger partial charge in [-0.05, 0) is 55.2 Å². The molecule has 1 saturated carbocycles. The van der Waals surface area contributed by atoms with Crippen molar-refractivity contribution in [2.24, 2.45) is 5.92 Å². The number of thiol groups is 1. The molecule has 0 saturated heterocycles. The van der Waals surface area contributed by atoms with Gasteiger partial charge in [-0.15, -0.1) is 12.6 Å². The highest BCUT2D eigenvalue weighted by molar-refractivity contribution is 7.80. The van der Waals surface area contributed by atoms with Gasteiger partial charge in [-0.3, -0.25) is 4.79 Å². The molecule has 1 aliphatic rings. The molecule has 0 heterocycles. The van der Waals surface area contributed by atoms with Crippen LogP contribution in [0.2, 0.25) is 0 Å². The van der Waals surface area contributed by atoms with Crippen LogP contribution in [0.3, 0.4) is 0 Å². The third-order valence-electron chi connectivity index (χ3n) is 3.88. The summed E-state index contributed by atoms with van der Waals surface area (Å²) in [6.45, 7) is -2.56. The van der Waals surface area contributed by atoms with Gasteiger partial charge in [-0.25, -0.2) is 0 Å². The van der Waals surface area contributed by atoms with Gasteiger partial charge in [0, 0.05) is 21.8 Å². The molecule has 3 rings (SSSR count). The first-order chi connectivity index (χ1) is 12.4. The largest absolute Gasteiger partial charge is 0.489 e. The second kappa shape index (κ2) is 7.82. The van der Waals surface area contributed by atoms with Gasteiger partial charge < -0.3 is 20.5 Å². The van der Waals surface area contributed by atoms with Gasteiger partial charge in [-0.1, -0.05) is 0 Å². The third kappa shape index (κ3) is 4.78. The summed E-state index contributed by atoms with van der Waals surface area (Å²) in [7, 11) is 0. The standard InChI is InChI=1S/C18H18F2N2O3S/c19-18(20)25-14-6-3-11(7-15(14)24-9-10-1-2-10)17(23)22-12-4-5-13(21)16(26)8-12/h3-8,10,18,26H,1-2,9,21H2,(H,22,23). The molecular weight excluding hydrogens is 362 g/mol. The second-order valence-electron chi connectivity index (χ2n) is 6.02. The molecule has 2 aromatic carbocycles. The molecule has 0 spiro atoms. The SMILES string of the molecule is Nc1ccc(NC(=O)c2ccc(OC(F)F)c(OCC3CC3)c2)cc1S. The maximum absolute atomic E-state index is 12.6. The molecule has 5 nitrogen and oxygen atoms in total. The number of nitrogens with one attached hydrogen (secondary N) is 1. The number of carbonyl (C=O) groups excluding carboxylic acids is 1. The predicted octanol–water partition coefficient (Wildman–Crippen LogP) is 4.20. The molecule has 3 N–H and O–H groups in total. The lowest BCUT2D eigenvalue weighted by atomic mass is 10.1. The number of rotatable bonds is 7. The van der Waals surface area contributed by atoms with E-state index in [1.807, 2.05) is 0 Å². The molecule has 2 aromatic rings. The Hall–Kier alpha value is -2.48. The van der Waals surface area contributed by atoms with Crippen molar-refractivity contribution in [1.82, 2.24) is 0 Å². The average molecular weight is 380 g/mol. The fourth-order valence-corrected chi connectivity index (χ4v) is 2.49. The van der Waals surface area contributed by atoms with Crippen LogP contribution < -0.4 is 20.5 Å². The van der Waals surface area contributed by atoms with E-state index in [4.69, 9.17) is 10.5 Å². The summed E-state index contributed by atoms with van der Waals surface area (Å²) in [5, 5.41) is 2.70. The van der Waals surface area contributed by atoms with Crippen molar-refractivity contribution in [3.05, 3.63) is 42.0 Å². The molecule has 0 aromatic heterocycles. The van der Waals surface area contributed by atoms with Crippen molar-refractivity contribution < 1.29 is 23.0 Å². The first-order valence-electron chi connectivity index (χ1n) is 8.04. The van der Waals surface area contributed by atoms with Gasteiger partial charge in [0.1, 0.15) is 0 Å². The lowest BCUT2D eigenvalue weighted by molar-refractivity contribution is -0.0515. The topological polar surface area (TPSA) is 73.6 Å². The lowest BCUT2D eigenvalue weighted by Gasteiger charge is -2.14. The Labute approximate surface area is 154 Å². The van der Waals surface area contributed by atoms with E-state index in [-0.39, 0.29) is 17.1 Å². The molecule has 0 aliphatic heterocycles. The van der Waals surface area contributed by atoms with Gasteiger partial charge in [-0.2, -0.15) is 8.78 Å². The number of nitrogen functional groups attached to an aromatic ring is 1. The fraction of sp³-hybridized carbons (Fsp3) is 0.278. The number of anilines is 2. The second-order valence-corrected chi connectivity index (χ2v) is 6.50. The molecule has 138 valence electrons. The monoisotopic (exact) mass is 380 g/mol. The number of benzene rings is 2. The summed E-state index contributed by atoms with van der Waals surface area (Å²) in [5.74, 6) is 0.0391. The van der Waals surface area contributed by atoms with E-state index in [2.05, 4.69) is 22.7 Å². The molecule has 8 heteroatoms. The Kier molecular flexibility index (Phi) is 5.51. The quantitative estimate of drug-likeness (QED) is 0.497. The number of amides is 1. The highest BCUT2D eigenvalue weighted by Gasteiger charge is 2.23. The van der Waals surface area contributed by atoms with Crippen LogP contribution in [0.1, 0.15) is 23.2 Å². The highest BCUT2D eigenvalue weighted by Crippen LogP contribution is 2.34. The summed E-state index contributed by atoms with van der Waals surface area (Å²) in [5.41, 5.74) is 6.96. The van der Waals surface area contributed by atoms with Crippen LogP contribution in [-0.4, -0.2) is 19.1 Å². The molecule has 0 atom stereocenters. The van der Waals surface area contributed by atoms with E-state index in [1.165, 1.54) is 18.2 Å². The van der Waals surface area contributed by atoms with Gasteiger partial charge in [0.05, 0.1) is 6.61 Å². The minimum atomic E-state index is -2.97. The number of alkyl halides is 2. The summed E-state index contributed by atoms with van der Waals surface area (Å²) in [4.78, 5) is 13.0. The smallest absolute Gasteiger partial charge is 0.387 e. The van der Waals surface area contributed by atoms with Gasteiger partial charge in [0.25, 0.3) is 5.91 Å². The number of nitrogens with two attached hydrogens (primary N) is 1.